The Hall–Kier alpha value is -4.14. The van der Waals surface area contributed by atoms with E-state index in [-0.39, 0.29) is 30.4 Å². The minimum atomic E-state index is -0.295. The number of aromatic nitrogens is 2. The van der Waals surface area contributed by atoms with Gasteiger partial charge in [-0.3, -0.25) is 14.7 Å². The lowest BCUT2D eigenvalue weighted by Gasteiger charge is -2.35. The molecule has 3 heterocycles. The quantitative estimate of drug-likeness (QED) is 0.591. The number of rotatable bonds is 5. The molecule has 2 aliphatic heterocycles. The van der Waals surface area contributed by atoms with Crippen molar-refractivity contribution < 1.29 is 19.1 Å². The molecule has 9 heteroatoms. The van der Waals surface area contributed by atoms with Crippen molar-refractivity contribution in [2.24, 2.45) is 0 Å². The molecular formula is C25H25N5O4. The molecule has 0 unspecified atom stereocenters. The summed E-state index contributed by atoms with van der Waals surface area (Å²) in [6.07, 6.45) is 1.22. The third-order valence-corrected chi connectivity index (χ3v) is 6.39. The fourth-order valence-electron chi connectivity index (χ4n) is 4.61. The number of H-pyrrole nitrogens is 1. The van der Waals surface area contributed by atoms with Gasteiger partial charge in [0.25, 0.3) is 11.8 Å². The van der Waals surface area contributed by atoms with Crippen LogP contribution in [0.15, 0.2) is 60.7 Å². The molecule has 0 saturated carbocycles. The second kappa shape index (κ2) is 9.01. The number of urea groups is 1. The first-order chi connectivity index (χ1) is 16.6. The van der Waals surface area contributed by atoms with Crippen LogP contribution in [-0.2, 0) is 4.79 Å². The van der Waals surface area contributed by atoms with Crippen molar-refractivity contribution in [2.75, 3.05) is 31.6 Å². The van der Waals surface area contributed by atoms with Crippen LogP contribution in [0.4, 0.5) is 10.5 Å². The molecule has 4 amide bonds. The Morgan fingerprint density at radius 3 is 2.47 bits per heavy atom. The third-order valence-electron chi connectivity index (χ3n) is 6.39. The van der Waals surface area contributed by atoms with Gasteiger partial charge in [-0.1, -0.05) is 30.3 Å². The zero-order valence-corrected chi connectivity index (χ0v) is 18.8. The molecule has 0 aliphatic carbocycles. The molecule has 2 fully saturated rings. The second-order valence-corrected chi connectivity index (χ2v) is 8.37. The molecule has 2 aliphatic rings. The number of ether oxygens (including phenoxy) is 1. The molecule has 3 aromatic rings. The molecule has 0 radical (unpaired) electrons. The number of aromatic amines is 1. The molecule has 1 N–H and O–H groups in total. The van der Waals surface area contributed by atoms with Crippen LogP contribution >= 0.6 is 0 Å². The Morgan fingerprint density at radius 2 is 1.74 bits per heavy atom. The topological polar surface area (TPSA) is 98.8 Å². The number of carbonyl (C=O) groups excluding carboxylic acids is 3. The van der Waals surface area contributed by atoms with E-state index in [1.807, 2.05) is 30.3 Å². The van der Waals surface area contributed by atoms with Crippen molar-refractivity contribution in [1.29, 1.82) is 0 Å². The Labute approximate surface area is 196 Å². The molecule has 2 aromatic carbocycles. The van der Waals surface area contributed by atoms with Crippen LogP contribution in [0.2, 0.25) is 0 Å². The molecule has 0 bridgehead atoms. The van der Waals surface area contributed by atoms with Gasteiger partial charge in [0, 0.05) is 24.7 Å². The van der Waals surface area contributed by atoms with Crippen molar-refractivity contribution >= 4 is 23.5 Å². The number of nitrogens with zero attached hydrogens (tertiary/aromatic N) is 4. The van der Waals surface area contributed by atoms with Crippen LogP contribution in [0.1, 0.15) is 23.3 Å². The van der Waals surface area contributed by atoms with E-state index >= 15 is 0 Å². The zero-order valence-electron chi connectivity index (χ0n) is 18.8. The standard InChI is InChI=1S/C25H25N5O4/c1-34-22-10-6-5-9-19(22)20-15-21(27-26-20)24(32)28-13-11-17(12-14-28)29-16-23(31)30(25(29)33)18-7-3-2-4-8-18/h2-10,15,17H,11-14,16H2,1H3,(H,26,27). The Bertz CT molecular complexity index is 1220. The summed E-state index contributed by atoms with van der Waals surface area (Å²) in [5, 5.41) is 7.14. The van der Waals surface area contributed by atoms with E-state index in [2.05, 4.69) is 10.2 Å². The Kier molecular flexibility index (Phi) is 5.75. The van der Waals surface area contributed by atoms with Crippen LogP contribution in [0.25, 0.3) is 11.3 Å². The summed E-state index contributed by atoms with van der Waals surface area (Å²) in [4.78, 5) is 43.2. The summed E-state index contributed by atoms with van der Waals surface area (Å²) >= 11 is 0. The van der Waals surface area contributed by atoms with Crippen molar-refractivity contribution in [3.05, 3.63) is 66.4 Å². The lowest BCUT2D eigenvalue weighted by Crippen LogP contribution is -2.48. The minimum absolute atomic E-state index is 0.0646. The predicted molar refractivity (Wildman–Crippen MR) is 126 cm³/mol. The smallest absolute Gasteiger partial charge is 0.332 e. The number of carbonyl (C=O) groups is 3. The van der Waals surface area contributed by atoms with E-state index in [9.17, 15) is 14.4 Å². The number of para-hydroxylation sites is 2. The number of likely N-dealkylation sites (tertiary alicyclic amines) is 1. The highest BCUT2D eigenvalue weighted by Crippen LogP contribution is 2.29. The number of imide groups is 1. The average Bonchev–Trinajstić information content (AvgIpc) is 3.49. The summed E-state index contributed by atoms with van der Waals surface area (Å²) in [5.41, 5.74) is 2.43. The first-order valence-electron chi connectivity index (χ1n) is 11.2. The normalized spacial score (nSPS) is 16.9. The van der Waals surface area contributed by atoms with E-state index in [1.54, 1.807) is 47.2 Å². The van der Waals surface area contributed by atoms with Crippen LogP contribution < -0.4 is 9.64 Å². The first kappa shape index (κ1) is 21.7. The van der Waals surface area contributed by atoms with Gasteiger partial charge in [0.1, 0.15) is 18.0 Å². The predicted octanol–water partition coefficient (Wildman–Crippen LogP) is 3.16. The van der Waals surface area contributed by atoms with Crippen molar-refractivity contribution in [2.45, 2.75) is 18.9 Å². The van der Waals surface area contributed by atoms with E-state index < -0.39 is 0 Å². The second-order valence-electron chi connectivity index (χ2n) is 8.37. The van der Waals surface area contributed by atoms with Crippen LogP contribution in [0.3, 0.4) is 0 Å². The van der Waals surface area contributed by atoms with Crippen LogP contribution in [-0.4, -0.2) is 70.6 Å². The summed E-state index contributed by atoms with van der Waals surface area (Å²) in [5.74, 6) is 0.320. The van der Waals surface area contributed by atoms with Gasteiger partial charge in [-0.05, 0) is 43.2 Å². The van der Waals surface area contributed by atoms with Gasteiger partial charge in [-0.2, -0.15) is 5.10 Å². The Morgan fingerprint density at radius 1 is 1.03 bits per heavy atom. The molecule has 0 spiro atoms. The van der Waals surface area contributed by atoms with Crippen molar-refractivity contribution in [3.63, 3.8) is 0 Å². The maximum Gasteiger partial charge on any atom is 0.332 e. The highest BCUT2D eigenvalue weighted by atomic mass is 16.5. The lowest BCUT2D eigenvalue weighted by atomic mass is 10.0. The van der Waals surface area contributed by atoms with E-state index in [4.69, 9.17) is 4.74 Å². The lowest BCUT2D eigenvalue weighted by molar-refractivity contribution is -0.116. The minimum Gasteiger partial charge on any atom is -0.496 e. The fraction of sp³-hybridized carbons (Fsp3) is 0.280. The summed E-state index contributed by atoms with van der Waals surface area (Å²) in [6, 6.07) is 17.8. The highest BCUT2D eigenvalue weighted by Gasteiger charge is 2.41. The van der Waals surface area contributed by atoms with Crippen LogP contribution in [0, 0.1) is 0 Å². The Balaban J connectivity index is 1.23. The number of hydrogen-bond donors (Lipinski definition) is 1. The van der Waals surface area contributed by atoms with E-state index in [0.29, 0.717) is 48.8 Å². The van der Waals surface area contributed by atoms with E-state index in [0.717, 1.165) is 5.56 Å². The zero-order chi connectivity index (χ0) is 23.7. The molecule has 1 aromatic heterocycles. The number of anilines is 1. The molecular weight excluding hydrogens is 434 g/mol. The number of nitrogens with one attached hydrogen (secondary N) is 1. The summed E-state index contributed by atoms with van der Waals surface area (Å²) < 4.78 is 5.39. The molecule has 2 saturated heterocycles. The van der Waals surface area contributed by atoms with Gasteiger partial charge >= 0.3 is 6.03 Å². The summed E-state index contributed by atoms with van der Waals surface area (Å²) in [7, 11) is 1.60. The third kappa shape index (κ3) is 3.89. The molecule has 34 heavy (non-hydrogen) atoms. The number of piperidine rings is 1. The largest absolute Gasteiger partial charge is 0.496 e. The first-order valence-corrected chi connectivity index (χ1v) is 11.2. The van der Waals surface area contributed by atoms with E-state index in [1.165, 1.54) is 4.90 Å². The van der Waals surface area contributed by atoms with Gasteiger partial charge in [0.2, 0.25) is 0 Å². The molecule has 174 valence electrons. The van der Waals surface area contributed by atoms with Gasteiger partial charge in [0.15, 0.2) is 0 Å². The molecule has 5 rings (SSSR count). The summed E-state index contributed by atoms with van der Waals surface area (Å²) in [6.45, 7) is 1.06. The molecule has 0 atom stereocenters. The number of amides is 4. The van der Waals surface area contributed by atoms with Gasteiger partial charge < -0.3 is 14.5 Å². The maximum absolute atomic E-state index is 13.1. The van der Waals surface area contributed by atoms with Crippen LogP contribution in [0.5, 0.6) is 5.75 Å². The number of methoxy groups -OCH3 is 1. The monoisotopic (exact) mass is 459 g/mol. The maximum atomic E-state index is 13.1. The van der Waals surface area contributed by atoms with Crippen molar-refractivity contribution in [1.82, 2.24) is 20.0 Å². The average molecular weight is 460 g/mol. The number of benzene rings is 2. The fourth-order valence-corrected chi connectivity index (χ4v) is 4.61. The van der Waals surface area contributed by atoms with Gasteiger partial charge in [-0.15, -0.1) is 0 Å². The molecule has 9 nitrogen and oxygen atoms in total. The van der Waals surface area contributed by atoms with Gasteiger partial charge in [-0.25, -0.2) is 9.69 Å². The van der Waals surface area contributed by atoms with Gasteiger partial charge in [0.05, 0.1) is 18.5 Å². The highest BCUT2D eigenvalue weighted by molar-refractivity contribution is 6.19. The van der Waals surface area contributed by atoms with Crippen molar-refractivity contribution in [3.8, 4) is 17.0 Å². The number of hydrogen-bond acceptors (Lipinski definition) is 5. The SMILES string of the molecule is COc1ccccc1-c1cc(C(=O)N2CCC(N3CC(=O)N(c4ccccc4)C3=O)CC2)[nH]n1.